The molecule has 2 heterocycles. The van der Waals surface area contributed by atoms with E-state index < -0.39 is 11.7 Å². The molecule has 0 radical (unpaired) electrons. The molecule has 0 bridgehead atoms. The molecule has 0 saturated heterocycles. The first-order valence-corrected chi connectivity index (χ1v) is 11.8. The Bertz CT molecular complexity index is 1490. The highest BCUT2D eigenvalue weighted by Gasteiger charge is 2.21. The van der Waals surface area contributed by atoms with Crippen LogP contribution in [0.1, 0.15) is 21.5 Å². The number of rotatable bonds is 6. The van der Waals surface area contributed by atoms with E-state index >= 15 is 0 Å². The molecule has 36 heavy (non-hydrogen) atoms. The number of nitrogens with zero attached hydrogens (tertiary/aromatic N) is 1. The Morgan fingerprint density at radius 3 is 2.83 bits per heavy atom. The fraction of sp³-hybridized carbons (Fsp3) is 0.111. The molecule has 1 aliphatic heterocycles. The molecular weight excluding hydrogens is 529 g/mol. The molecule has 0 saturated carbocycles. The summed E-state index contributed by atoms with van der Waals surface area (Å²) in [6.45, 7) is 1.02. The Hall–Kier alpha value is -4.29. The zero-order valence-electron chi connectivity index (χ0n) is 18.8. The van der Waals surface area contributed by atoms with Crippen LogP contribution in [0.5, 0.6) is 17.2 Å². The number of anilines is 1. The minimum Gasteiger partial charge on any atom is -0.486 e. The predicted octanol–water partition coefficient (Wildman–Crippen LogP) is 6.06. The number of H-pyrrole nitrogens is 1. The lowest BCUT2D eigenvalue weighted by Gasteiger charge is -2.20. The first kappa shape index (κ1) is 23.5. The Kier molecular flexibility index (Phi) is 6.60. The molecule has 0 fully saturated rings. The molecule has 3 aromatic carbocycles. The number of carbonyl (C=O) groups is 1. The van der Waals surface area contributed by atoms with Crippen molar-refractivity contribution in [1.82, 2.24) is 4.98 Å². The number of ether oxygens (including phenoxy) is 3. The van der Waals surface area contributed by atoms with Crippen molar-refractivity contribution in [2.75, 3.05) is 18.5 Å². The Labute approximate surface area is 214 Å². The zero-order valence-corrected chi connectivity index (χ0v) is 20.4. The van der Waals surface area contributed by atoms with Crippen molar-refractivity contribution in [3.63, 3.8) is 0 Å². The fourth-order valence-corrected chi connectivity index (χ4v) is 4.40. The van der Waals surface area contributed by atoms with Gasteiger partial charge < -0.3 is 24.5 Å². The number of carbonyl (C=O) groups excluding carboxylic acids is 1. The molecule has 7 nitrogen and oxygen atoms in total. The van der Waals surface area contributed by atoms with E-state index in [9.17, 15) is 9.18 Å². The third-order valence-corrected chi connectivity index (χ3v) is 6.13. The van der Waals surface area contributed by atoms with Crippen molar-refractivity contribution < 1.29 is 23.4 Å². The van der Waals surface area contributed by atoms with Gasteiger partial charge in [0.2, 0.25) is 0 Å². The van der Waals surface area contributed by atoms with Crippen LogP contribution in [0, 0.1) is 17.1 Å². The first-order valence-electron chi connectivity index (χ1n) is 11.0. The third kappa shape index (κ3) is 4.90. The maximum absolute atomic E-state index is 14.7. The van der Waals surface area contributed by atoms with Crippen molar-refractivity contribution in [3.05, 3.63) is 94.0 Å². The standard InChI is InChI=1S/C27H19BrFN3O4/c28-22-9-18(10-25-26(22)35-7-6-34-25)20-13-31-14-21(20)27(33)32-19-4-5-24(23(29)11-19)36-15-17-3-1-2-16(8-17)12-30/h1-5,8-11,13-14,31H,6-7,15H2,(H,32,33). The van der Waals surface area contributed by atoms with E-state index in [1.165, 1.54) is 12.1 Å². The molecule has 1 aromatic heterocycles. The van der Waals surface area contributed by atoms with Crippen molar-refractivity contribution in [3.8, 4) is 34.4 Å². The van der Waals surface area contributed by atoms with Crippen molar-refractivity contribution in [2.24, 2.45) is 0 Å². The van der Waals surface area contributed by atoms with E-state index in [-0.39, 0.29) is 18.0 Å². The van der Waals surface area contributed by atoms with Crippen molar-refractivity contribution >= 4 is 27.5 Å². The molecule has 0 unspecified atom stereocenters. The van der Waals surface area contributed by atoms with Crippen LogP contribution < -0.4 is 19.5 Å². The summed E-state index contributed by atoms with van der Waals surface area (Å²) in [5, 5.41) is 11.7. The van der Waals surface area contributed by atoms with Gasteiger partial charge in [-0.15, -0.1) is 0 Å². The van der Waals surface area contributed by atoms with Gasteiger partial charge in [-0.3, -0.25) is 4.79 Å². The van der Waals surface area contributed by atoms with Gasteiger partial charge in [-0.05, 0) is 63.5 Å². The average Bonchev–Trinajstić information content (AvgIpc) is 3.39. The van der Waals surface area contributed by atoms with E-state index in [2.05, 4.69) is 32.3 Å². The van der Waals surface area contributed by atoms with Crippen LogP contribution in [0.2, 0.25) is 0 Å². The fourth-order valence-electron chi connectivity index (χ4n) is 3.84. The Morgan fingerprint density at radius 1 is 1.14 bits per heavy atom. The molecular formula is C27H19BrFN3O4. The largest absolute Gasteiger partial charge is 0.486 e. The van der Waals surface area contributed by atoms with Gasteiger partial charge >= 0.3 is 0 Å². The van der Waals surface area contributed by atoms with Gasteiger partial charge in [-0.25, -0.2) is 4.39 Å². The Balaban J connectivity index is 1.30. The van der Waals surface area contributed by atoms with Crippen LogP contribution in [0.3, 0.4) is 0 Å². The smallest absolute Gasteiger partial charge is 0.257 e. The predicted molar refractivity (Wildman–Crippen MR) is 135 cm³/mol. The topological polar surface area (TPSA) is 96.4 Å². The number of halogens is 2. The minimum absolute atomic E-state index is 0.0406. The summed E-state index contributed by atoms with van der Waals surface area (Å²) in [5.41, 5.74) is 3.33. The third-order valence-electron chi connectivity index (χ3n) is 5.54. The summed E-state index contributed by atoms with van der Waals surface area (Å²) in [6, 6.07) is 16.8. The van der Waals surface area contributed by atoms with E-state index in [4.69, 9.17) is 19.5 Å². The number of hydrogen-bond acceptors (Lipinski definition) is 5. The molecule has 5 rings (SSSR count). The van der Waals surface area contributed by atoms with Crippen LogP contribution in [-0.4, -0.2) is 24.1 Å². The number of aromatic nitrogens is 1. The monoisotopic (exact) mass is 547 g/mol. The second-order valence-electron chi connectivity index (χ2n) is 7.97. The summed E-state index contributed by atoms with van der Waals surface area (Å²) >= 11 is 3.50. The van der Waals surface area contributed by atoms with Gasteiger partial charge in [0.05, 0.1) is 21.7 Å². The van der Waals surface area contributed by atoms with E-state index in [0.29, 0.717) is 41.4 Å². The highest BCUT2D eigenvalue weighted by Crippen LogP contribution is 2.42. The van der Waals surface area contributed by atoms with Crippen molar-refractivity contribution in [1.29, 1.82) is 5.26 Å². The second kappa shape index (κ2) is 10.1. The van der Waals surface area contributed by atoms with Crippen LogP contribution >= 0.6 is 15.9 Å². The molecule has 4 aromatic rings. The van der Waals surface area contributed by atoms with Crippen LogP contribution in [0.25, 0.3) is 11.1 Å². The molecule has 0 spiro atoms. The number of nitrogens with one attached hydrogen (secondary N) is 2. The SMILES string of the molecule is N#Cc1cccc(COc2ccc(NC(=O)c3c[nH]cc3-c3cc(Br)c4c(c3)OCCO4)cc2F)c1. The molecule has 9 heteroatoms. The van der Waals surface area contributed by atoms with Crippen LogP contribution in [0.4, 0.5) is 10.1 Å². The van der Waals surface area contributed by atoms with Crippen LogP contribution in [0.15, 0.2) is 71.5 Å². The Morgan fingerprint density at radius 2 is 2.00 bits per heavy atom. The first-order chi connectivity index (χ1) is 17.5. The van der Waals surface area contributed by atoms with Gasteiger partial charge in [-0.2, -0.15) is 5.26 Å². The number of nitriles is 1. The van der Waals surface area contributed by atoms with E-state index in [0.717, 1.165) is 15.6 Å². The number of amides is 1. The molecule has 180 valence electrons. The second-order valence-corrected chi connectivity index (χ2v) is 8.82. The summed E-state index contributed by atoms with van der Waals surface area (Å²) in [5.74, 6) is 0.240. The summed E-state index contributed by atoms with van der Waals surface area (Å²) in [4.78, 5) is 16.0. The van der Waals surface area contributed by atoms with Gasteiger partial charge in [0, 0.05) is 29.7 Å². The quantitative estimate of drug-likeness (QED) is 0.306. The van der Waals surface area contributed by atoms with Crippen molar-refractivity contribution in [2.45, 2.75) is 6.61 Å². The van der Waals surface area contributed by atoms with E-state index in [1.807, 2.05) is 12.1 Å². The van der Waals surface area contributed by atoms with Gasteiger partial charge in [0.1, 0.15) is 19.8 Å². The minimum atomic E-state index is -0.616. The number of aromatic amines is 1. The lowest BCUT2D eigenvalue weighted by molar-refractivity contribution is 0.102. The maximum atomic E-state index is 14.7. The number of benzene rings is 3. The summed E-state index contributed by atoms with van der Waals surface area (Å²) < 4.78 is 32.3. The highest BCUT2D eigenvalue weighted by atomic mass is 79.9. The van der Waals surface area contributed by atoms with E-state index in [1.54, 1.807) is 42.7 Å². The maximum Gasteiger partial charge on any atom is 0.257 e. The molecule has 2 N–H and O–H groups in total. The molecule has 1 amide bonds. The molecule has 1 aliphatic rings. The van der Waals surface area contributed by atoms with Gasteiger partial charge in [0.15, 0.2) is 23.1 Å². The van der Waals surface area contributed by atoms with Gasteiger partial charge in [0.25, 0.3) is 5.91 Å². The number of hydrogen-bond donors (Lipinski definition) is 2. The van der Waals surface area contributed by atoms with Gasteiger partial charge in [-0.1, -0.05) is 12.1 Å². The zero-order chi connectivity index (χ0) is 25.1. The summed E-state index contributed by atoms with van der Waals surface area (Å²) in [7, 11) is 0. The lowest BCUT2D eigenvalue weighted by atomic mass is 10.0. The normalized spacial score (nSPS) is 12.0. The molecule has 0 atom stereocenters. The highest BCUT2D eigenvalue weighted by molar-refractivity contribution is 9.10. The molecule has 0 aliphatic carbocycles. The number of fused-ring (bicyclic) bond motifs is 1. The lowest BCUT2D eigenvalue weighted by Crippen LogP contribution is -2.16. The van der Waals surface area contributed by atoms with Crippen LogP contribution in [-0.2, 0) is 6.61 Å². The summed E-state index contributed by atoms with van der Waals surface area (Å²) in [6.07, 6.45) is 3.30. The average molecular weight is 548 g/mol.